The van der Waals surface area contributed by atoms with Gasteiger partial charge in [0, 0.05) is 22.0 Å². The van der Waals surface area contributed by atoms with Gasteiger partial charge in [-0.2, -0.15) is 15.0 Å². The maximum Gasteiger partial charge on any atom is 0.313 e. The first-order valence-corrected chi connectivity index (χ1v) is 10.9. The van der Waals surface area contributed by atoms with Crippen molar-refractivity contribution < 1.29 is 14.1 Å². The number of halogens is 1. The number of nitro groups is 1. The standard InChI is InChI=1S/C25H14ClN5O5/c26-17-11-16(23(35-10-9-27)20(13-17)31(33)34)14-28-30-24(22-12-15-5-1-4-8-21(15)36-22)29-19-7-3-2-6-18(19)25(30)32/h1-8,11-14H,10H2. The molecule has 0 aliphatic rings. The van der Waals surface area contributed by atoms with Crippen molar-refractivity contribution in [1.29, 1.82) is 5.26 Å². The van der Waals surface area contributed by atoms with Gasteiger partial charge in [-0.3, -0.25) is 14.9 Å². The monoisotopic (exact) mass is 499 g/mol. The predicted octanol–water partition coefficient (Wildman–Crippen LogP) is 5.16. The Balaban J connectivity index is 1.73. The van der Waals surface area contributed by atoms with Crippen LogP contribution in [-0.2, 0) is 0 Å². The van der Waals surface area contributed by atoms with E-state index < -0.39 is 22.8 Å². The minimum atomic E-state index is -0.681. The van der Waals surface area contributed by atoms with Crippen LogP contribution in [0.3, 0.4) is 0 Å². The van der Waals surface area contributed by atoms with Gasteiger partial charge in [-0.15, -0.1) is 0 Å². The Kier molecular flexibility index (Phi) is 5.90. The Morgan fingerprint density at radius 2 is 1.97 bits per heavy atom. The van der Waals surface area contributed by atoms with Crippen molar-refractivity contribution in [3.8, 4) is 23.4 Å². The zero-order valence-electron chi connectivity index (χ0n) is 18.3. The van der Waals surface area contributed by atoms with Gasteiger partial charge < -0.3 is 9.15 Å². The number of rotatable bonds is 6. The fourth-order valence-corrected chi connectivity index (χ4v) is 3.92. The van der Waals surface area contributed by atoms with Crippen LogP contribution < -0.4 is 10.3 Å². The van der Waals surface area contributed by atoms with Crippen LogP contribution in [0, 0.1) is 21.4 Å². The molecule has 5 rings (SSSR count). The summed E-state index contributed by atoms with van der Waals surface area (Å²) in [5.74, 6) is 0.221. The van der Waals surface area contributed by atoms with Gasteiger partial charge in [-0.1, -0.05) is 41.9 Å². The van der Waals surface area contributed by atoms with Crippen molar-refractivity contribution >= 4 is 45.4 Å². The fourth-order valence-electron chi connectivity index (χ4n) is 3.70. The first-order valence-electron chi connectivity index (χ1n) is 10.5. The SMILES string of the molecule is N#CCOc1c(C=Nn2c(-c3cc4ccccc4o3)nc3ccccc3c2=O)cc(Cl)cc1[N+](=O)[O-]. The van der Waals surface area contributed by atoms with E-state index in [2.05, 4.69) is 10.1 Å². The summed E-state index contributed by atoms with van der Waals surface area (Å²) < 4.78 is 12.3. The van der Waals surface area contributed by atoms with Crippen LogP contribution >= 0.6 is 11.6 Å². The van der Waals surface area contributed by atoms with Crippen molar-refractivity contribution in [2.45, 2.75) is 0 Å². The highest BCUT2D eigenvalue weighted by Crippen LogP contribution is 2.34. The molecule has 2 aromatic heterocycles. The number of hydrogen-bond donors (Lipinski definition) is 0. The van der Waals surface area contributed by atoms with Crippen LogP contribution in [0.15, 0.2) is 81.0 Å². The Hall–Kier alpha value is -5.01. The number of furan rings is 1. The molecule has 36 heavy (non-hydrogen) atoms. The van der Waals surface area contributed by atoms with Crippen molar-refractivity contribution in [3.63, 3.8) is 0 Å². The molecule has 0 aliphatic carbocycles. The van der Waals surface area contributed by atoms with E-state index in [0.717, 1.165) is 16.1 Å². The lowest BCUT2D eigenvalue weighted by molar-refractivity contribution is -0.385. The average Bonchev–Trinajstić information content (AvgIpc) is 3.31. The molecule has 0 fully saturated rings. The summed E-state index contributed by atoms with van der Waals surface area (Å²) in [4.78, 5) is 28.9. The summed E-state index contributed by atoms with van der Waals surface area (Å²) in [6, 6.07) is 20.1. The van der Waals surface area contributed by atoms with E-state index in [9.17, 15) is 14.9 Å². The van der Waals surface area contributed by atoms with Crippen LogP contribution in [-0.4, -0.2) is 27.4 Å². The zero-order valence-corrected chi connectivity index (χ0v) is 19.0. The summed E-state index contributed by atoms with van der Waals surface area (Å²) in [7, 11) is 0. The quantitative estimate of drug-likeness (QED) is 0.179. The second-order valence-corrected chi connectivity index (χ2v) is 7.95. The molecule has 5 aromatic rings. The van der Waals surface area contributed by atoms with Crippen molar-refractivity contribution in [2.75, 3.05) is 6.61 Å². The maximum atomic E-state index is 13.4. The molecule has 0 amide bonds. The van der Waals surface area contributed by atoms with E-state index in [1.54, 1.807) is 42.5 Å². The van der Waals surface area contributed by atoms with Crippen LogP contribution in [0.5, 0.6) is 5.75 Å². The topological polar surface area (TPSA) is 137 Å². The van der Waals surface area contributed by atoms with E-state index in [4.69, 9.17) is 26.0 Å². The van der Waals surface area contributed by atoms with Crippen molar-refractivity contribution in [2.24, 2.45) is 5.10 Å². The number of nitrogens with zero attached hydrogens (tertiary/aromatic N) is 5. The Morgan fingerprint density at radius 3 is 2.75 bits per heavy atom. The summed E-state index contributed by atoms with van der Waals surface area (Å²) in [6.07, 6.45) is 1.19. The highest BCUT2D eigenvalue weighted by atomic mass is 35.5. The normalized spacial score (nSPS) is 11.2. The molecular formula is C25H14ClN5O5. The number of aromatic nitrogens is 2. The smallest absolute Gasteiger partial charge is 0.313 e. The van der Waals surface area contributed by atoms with E-state index in [1.807, 2.05) is 18.2 Å². The number of nitro benzene ring substituents is 1. The molecule has 3 aromatic carbocycles. The molecule has 0 bridgehead atoms. The van der Waals surface area contributed by atoms with E-state index in [0.29, 0.717) is 22.2 Å². The molecule has 0 atom stereocenters. The van der Waals surface area contributed by atoms with Gasteiger partial charge in [0.15, 0.2) is 12.4 Å². The molecule has 2 heterocycles. The number of para-hydroxylation sites is 2. The van der Waals surface area contributed by atoms with E-state index >= 15 is 0 Å². The van der Waals surface area contributed by atoms with Gasteiger partial charge in [0.2, 0.25) is 11.6 Å². The molecule has 0 N–H and O–H groups in total. The highest BCUT2D eigenvalue weighted by molar-refractivity contribution is 6.31. The molecule has 0 unspecified atom stereocenters. The Labute approximate surface area is 207 Å². The molecule has 0 aliphatic heterocycles. The predicted molar refractivity (Wildman–Crippen MR) is 133 cm³/mol. The fraction of sp³-hybridized carbons (Fsp3) is 0.0400. The zero-order chi connectivity index (χ0) is 25.2. The highest BCUT2D eigenvalue weighted by Gasteiger charge is 2.21. The molecule has 176 valence electrons. The van der Waals surface area contributed by atoms with Crippen LogP contribution in [0.4, 0.5) is 5.69 Å². The second kappa shape index (κ2) is 9.32. The lowest BCUT2D eigenvalue weighted by Gasteiger charge is -2.09. The number of nitriles is 1. The molecule has 0 radical (unpaired) electrons. The minimum absolute atomic E-state index is 0.0500. The summed E-state index contributed by atoms with van der Waals surface area (Å²) in [5.41, 5.74) is 0.216. The van der Waals surface area contributed by atoms with Crippen molar-refractivity contribution in [1.82, 2.24) is 9.66 Å². The Bertz CT molecular complexity index is 1750. The molecule has 0 saturated carbocycles. The maximum absolute atomic E-state index is 13.4. The number of benzene rings is 3. The van der Waals surface area contributed by atoms with Gasteiger partial charge in [0.1, 0.15) is 11.7 Å². The largest absolute Gasteiger partial charge is 0.471 e. The third kappa shape index (κ3) is 4.15. The lowest BCUT2D eigenvalue weighted by atomic mass is 10.2. The number of hydrogen-bond acceptors (Lipinski definition) is 8. The van der Waals surface area contributed by atoms with Crippen molar-refractivity contribution in [3.05, 3.63) is 97.8 Å². The lowest BCUT2D eigenvalue weighted by Crippen LogP contribution is -2.20. The van der Waals surface area contributed by atoms with E-state index in [1.165, 1.54) is 12.3 Å². The van der Waals surface area contributed by atoms with Gasteiger partial charge in [-0.05, 0) is 30.3 Å². The summed E-state index contributed by atoms with van der Waals surface area (Å²) in [6.45, 7) is -0.439. The van der Waals surface area contributed by atoms with Gasteiger partial charge >= 0.3 is 5.69 Å². The number of ether oxygens (including phenoxy) is 1. The van der Waals surface area contributed by atoms with Crippen LogP contribution in [0.1, 0.15) is 5.56 Å². The summed E-state index contributed by atoms with van der Waals surface area (Å²) in [5, 5.41) is 25.9. The first-order chi connectivity index (χ1) is 17.5. The minimum Gasteiger partial charge on any atom is -0.471 e. The third-order valence-electron chi connectivity index (χ3n) is 5.25. The molecule has 10 nitrogen and oxygen atoms in total. The van der Waals surface area contributed by atoms with Gasteiger partial charge in [0.05, 0.1) is 22.0 Å². The van der Waals surface area contributed by atoms with Gasteiger partial charge in [-0.25, -0.2) is 4.98 Å². The molecule has 11 heteroatoms. The molecular weight excluding hydrogens is 486 g/mol. The Morgan fingerprint density at radius 1 is 1.19 bits per heavy atom. The summed E-state index contributed by atoms with van der Waals surface area (Å²) >= 11 is 6.08. The third-order valence-corrected chi connectivity index (χ3v) is 5.47. The first kappa shape index (κ1) is 22.8. The molecule has 0 spiro atoms. The second-order valence-electron chi connectivity index (χ2n) is 7.51. The molecule has 0 saturated heterocycles. The van der Waals surface area contributed by atoms with Crippen LogP contribution in [0.2, 0.25) is 5.02 Å². The van der Waals surface area contributed by atoms with Gasteiger partial charge in [0.25, 0.3) is 5.56 Å². The number of fused-ring (bicyclic) bond motifs is 2. The average molecular weight is 500 g/mol. The van der Waals surface area contributed by atoms with Crippen LogP contribution in [0.25, 0.3) is 33.5 Å². The van der Waals surface area contributed by atoms with E-state index in [-0.39, 0.29) is 22.2 Å².